The van der Waals surface area contributed by atoms with Crippen LogP contribution in [0, 0.1) is 6.42 Å². The molecular weight excluding hydrogens is 525 g/mol. The summed E-state index contributed by atoms with van der Waals surface area (Å²) in [7, 11) is 0. The average Bonchev–Trinajstić information content (AvgIpc) is 2.22. The maximum absolute atomic E-state index is 3.78. The molecule has 8 heteroatoms. The third-order valence-corrected chi connectivity index (χ3v) is 2.75. The van der Waals surface area contributed by atoms with Crippen molar-refractivity contribution in [3.63, 3.8) is 0 Å². The third-order valence-electron chi connectivity index (χ3n) is 1.92. The molecule has 1 nitrogen and oxygen atoms in total. The van der Waals surface area contributed by atoms with Crippen molar-refractivity contribution >= 4 is 40.4 Å². The summed E-state index contributed by atoms with van der Waals surface area (Å²) in [6.45, 7) is 0. The molecule has 0 N–H and O–H groups in total. The minimum atomic E-state index is 0. The number of rotatable bonds is 0. The second-order valence-corrected chi connectivity index (χ2v) is 4.24. The van der Waals surface area contributed by atoms with Gasteiger partial charge in [0, 0.05) is 12.4 Å². The molecule has 112 valence electrons. The van der Waals surface area contributed by atoms with Crippen molar-refractivity contribution in [2.75, 3.05) is 0 Å². The second kappa shape index (κ2) is 28.1. The summed E-state index contributed by atoms with van der Waals surface area (Å²) < 4.78 is 0. The van der Waals surface area contributed by atoms with Crippen LogP contribution in [-0.4, -0.2) is 34.2 Å². The number of alkyl halides is 1. The monoisotopic (exact) mass is 536 g/mol. The van der Waals surface area contributed by atoms with Gasteiger partial charge in [-0.15, -0.1) is 20.8 Å². The topological polar surface area (TPSA) is 12.9 Å². The van der Waals surface area contributed by atoms with E-state index in [1.807, 2.05) is 18.2 Å². The van der Waals surface area contributed by atoms with E-state index in [0.29, 0.717) is 0 Å². The minimum absolute atomic E-state index is 0. The van der Waals surface area contributed by atoms with Gasteiger partial charge in [-0.3, -0.25) is 4.98 Å². The maximum Gasteiger partial charge on any atom is 5.00 e. The Hall–Kier alpha value is 1.90. The molecule has 1 aliphatic carbocycles. The molecule has 1 aliphatic rings. The first-order chi connectivity index (χ1) is 6.39. The Morgan fingerprint density at radius 2 is 1.42 bits per heavy atom. The second-order valence-electron chi connectivity index (χ2n) is 3.06. The standard InChI is InChI=1S/C6H10Br.C5H5N.5ClH.Sb/c7-6-4-2-1-3-5-6;1-2-4-6-5-3-1;;;;;;/h4,6H,1-3,5H2;1-5H;5*1H;/q-1;;;;;;;+5/p-5. The van der Waals surface area contributed by atoms with E-state index in [1.165, 1.54) is 25.7 Å². The molecule has 0 bridgehead atoms. The van der Waals surface area contributed by atoms with E-state index in [9.17, 15) is 0 Å². The van der Waals surface area contributed by atoms with Crippen molar-refractivity contribution in [3.8, 4) is 0 Å². The Kier molecular flexibility index (Phi) is 55.2. The van der Waals surface area contributed by atoms with Gasteiger partial charge in [0.25, 0.3) is 0 Å². The van der Waals surface area contributed by atoms with Gasteiger partial charge in [-0.25, -0.2) is 0 Å². The van der Waals surface area contributed by atoms with Crippen molar-refractivity contribution in [3.05, 3.63) is 37.0 Å². The fourth-order valence-electron chi connectivity index (χ4n) is 1.21. The number of hydrogen-bond donors (Lipinski definition) is 0. The molecule has 2 rings (SSSR count). The summed E-state index contributed by atoms with van der Waals surface area (Å²) in [5.74, 6) is 0. The van der Waals surface area contributed by atoms with Crippen molar-refractivity contribution in [1.29, 1.82) is 0 Å². The van der Waals surface area contributed by atoms with Crippen LogP contribution in [0.3, 0.4) is 0 Å². The molecule has 1 saturated carbocycles. The first kappa shape index (κ1) is 37.3. The van der Waals surface area contributed by atoms with E-state index >= 15 is 0 Å². The van der Waals surface area contributed by atoms with E-state index in [-0.39, 0.29) is 86.5 Å². The summed E-state index contributed by atoms with van der Waals surface area (Å²) >= 11 is 3.53. The first-order valence-corrected chi connectivity index (χ1v) is 5.63. The van der Waals surface area contributed by atoms with Crippen LogP contribution in [0.1, 0.15) is 25.7 Å². The van der Waals surface area contributed by atoms with Crippen LogP contribution in [0.2, 0.25) is 0 Å². The zero-order valence-corrected chi connectivity index (χ0v) is 18.0. The predicted molar refractivity (Wildman–Crippen MR) is 65.5 cm³/mol. The molecule has 1 aromatic heterocycles. The Labute approximate surface area is 173 Å². The molecule has 0 aliphatic heterocycles. The average molecular weight is 540 g/mol. The van der Waals surface area contributed by atoms with Crippen LogP contribution in [0.5, 0.6) is 0 Å². The summed E-state index contributed by atoms with van der Waals surface area (Å²) in [5, 5.41) is 0. The Morgan fingerprint density at radius 1 is 0.895 bits per heavy atom. The Balaban J connectivity index is -0.0000000340. The number of nitrogens with zero attached hydrogens (tertiary/aromatic N) is 1. The Bertz CT molecular complexity index is 189. The molecule has 1 fully saturated rings. The van der Waals surface area contributed by atoms with Gasteiger partial charge in [-0.2, -0.15) is 6.42 Å². The van der Waals surface area contributed by atoms with Gasteiger partial charge in [-0.05, 0) is 12.1 Å². The van der Waals surface area contributed by atoms with Gasteiger partial charge < -0.3 is 68.5 Å². The van der Waals surface area contributed by atoms with Crippen LogP contribution >= 0.6 is 15.9 Å². The molecule has 1 atom stereocenters. The fourth-order valence-corrected chi connectivity index (χ4v) is 1.80. The summed E-state index contributed by atoms with van der Waals surface area (Å²) in [6.07, 6.45) is 11.3. The quantitative estimate of drug-likeness (QED) is 0.181. The van der Waals surface area contributed by atoms with E-state index < -0.39 is 0 Å². The van der Waals surface area contributed by atoms with E-state index in [0.717, 1.165) is 4.83 Å². The number of aromatic nitrogens is 1. The van der Waals surface area contributed by atoms with Gasteiger partial charge in [-0.1, -0.05) is 25.3 Å². The summed E-state index contributed by atoms with van der Waals surface area (Å²) in [4.78, 5) is 4.51. The van der Waals surface area contributed by atoms with Crippen LogP contribution in [-0.2, 0) is 0 Å². The first-order valence-electron chi connectivity index (χ1n) is 4.72. The van der Waals surface area contributed by atoms with Gasteiger partial charge in [0.1, 0.15) is 0 Å². The molecule has 1 heterocycles. The van der Waals surface area contributed by atoms with Crippen LogP contribution in [0.4, 0.5) is 0 Å². The van der Waals surface area contributed by atoms with Crippen molar-refractivity contribution in [2.45, 2.75) is 30.5 Å². The van der Waals surface area contributed by atoms with Crippen molar-refractivity contribution < 1.29 is 62.0 Å². The van der Waals surface area contributed by atoms with Crippen LogP contribution in [0.25, 0.3) is 0 Å². The smallest absolute Gasteiger partial charge is 1.00 e. The molecule has 0 spiro atoms. The minimum Gasteiger partial charge on any atom is -1.00 e. The summed E-state index contributed by atoms with van der Waals surface area (Å²) in [6, 6.07) is 5.72. The largest absolute Gasteiger partial charge is 5.00 e. The molecule has 0 radical (unpaired) electrons. The normalized spacial score (nSPS) is 14.7. The van der Waals surface area contributed by atoms with Gasteiger partial charge >= 0.3 is 24.4 Å². The fraction of sp³-hybridized carbons (Fsp3) is 0.455. The molecule has 1 aromatic rings. The molecule has 0 amide bonds. The van der Waals surface area contributed by atoms with Crippen molar-refractivity contribution in [1.82, 2.24) is 4.98 Å². The predicted octanol–water partition coefficient (Wildman–Crippen LogP) is -11.8. The van der Waals surface area contributed by atoms with E-state index in [1.54, 1.807) is 12.4 Å². The third kappa shape index (κ3) is 25.2. The zero-order chi connectivity index (χ0) is 9.36. The number of pyridine rings is 1. The molecule has 0 saturated heterocycles. The molecule has 19 heavy (non-hydrogen) atoms. The zero-order valence-electron chi connectivity index (χ0n) is 10.0. The van der Waals surface area contributed by atoms with Crippen LogP contribution in [0.15, 0.2) is 30.6 Å². The van der Waals surface area contributed by atoms with Gasteiger partial charge in [0.15, 0.2) is 0 Å². The summed E-state index contributed by atoms with van der Waals surface area (Å²) in [5.41, 5.74) is 0. The molecule has 0 aromatic carbocycles. The van der Waals surface area contributed by atoms with Gasteiger partial charge in [0.05, 0.1) is 0 Å². The maximum atomic E-state index is 3.78. The van der Waals surface area contributed by atoms with E-state index in [4.69, 9.17) is 0 Å². The SMILES string of the molecule is BrC1[CH-]CCCC1.[Cl-].[Cl-].[Cl-].[Cl-].[Cl-].[Sb+5].c1ccncc1. The van der Waals surface area contributed by atoms with Crippen LogP contribution < -0.4 is 62.0 Å². The Morgan fingerprint density at radius 3 is 1.58 bits per heavy atom. The molecule has 1 unspecified atom stereocenters. The molecular formula is C11H15BrCl5NSb-. The number of hydrogen-bond acceptors (Lipinski definition) is 1. The van der Waals surface area contributed by atoms with Gasteiger partial charge in [0.2, 0.25) is 0 Å². The van der Waals surface area contributed by atoms with Crippen molar-refractivity contribution in [2.24, 2.45) is 0 Å². The van der Waals surface area contributed by atoms with E-state index in [2.05, 4.69) is 27.3 Å². The number of halogens is 6.